The molecular weight excluding hydrogens is 864 g/mol. The molecule has 0 amide bonds. The van der Waals surface area contributed by atoms with E-state index in [0.29, 0.717) is 11.1 Å². The minimum atomic E-state index is -0.0595. The van der Waals surface area contributed by atoms with Crippen molar-refractivity contribution in [2.24, 2.45) is 0 Å². The lowest BCUT2D eigenvalue weighted by molar-refractivity contribution is 0.111. The van der Waals surface area contributed by atoms with E-state index in [-0.39, 0.29) is 24.3 Å². The molecule has 340 valence electrons. The molecule has 0 unspecified atom stereocenters. The Labute approximate surface area is 417 Å². The number of benzene rings is 9. The van der Waals surface area contributed by atoms with E-state index in [1.165, 1.54) is 55.3 Å². The Kier molecular flexibility index (Phi) is 9.48. The fourth-order valence-corrected chi connectivity index (χ4v) is 12.0. The van der Waals surface area contributed by atoms with E-state index in [4.69, 9.17) is 0 Å². The molecular formula is C64H51B2N3O2. The second-order valence-electron chi connectivity index (χ2n) is 21.7. The van der Waals surface area contributed by atoms with E-state index in [0.717, 1.165) is 74.6 Å². The molecule has 0 saturated carbocycles. The molecule has 0 spiro atoms. The average Bonchev–Trinajstić information content (AvgIpc) is 3.39. The highest BCUT2D eigenvalue weighted by Crippen LogP contribution is 2.49. The van der Waals surface area contributed by atoms with Gasteiger partial charge in [0.2, 0.25) is 0 Å². The molecule has 0 radical (unpaired) electrons. The first-order valence-corrected chi connectivity index (χ1v) is 24.8. The van der Waals surface area contributed by atoms with Crippen LogP contribution in [0.3, 0.4) is 0 Å². The molecule has 4 heterocycles. The molecule has 0 saturated heterocycles. The van der Waals surface area contributed by atoms with E-state index >= 15 is 0 Å². The summed E-state index contributed by atoms with van der Waals surface area (Å²) in [5.41, 5.74) is 26.2. The first kappa shape index (κ1) is 42.9. The van der Waals surface area contributed by atoms with E-state index < -0.39 is 0 Å². The summed E-state index contributed by atoms with van der Waals surface area (Å²) in [7, 11) is 0. The van der Waals surface area contributed by atoms with E-state index in [1.54, 1.807) is 0 Å². The molecule has 9 aromatic carbocycles. The Bertz CT molecular complexity index is 3660. The van der Waals surface area contributed by atoms with Crippen molar-refractivity contribution in [3.8, 4) is 22.3 Å². The highest BCUT2D eigenvalue weighted by Gasteiger charge is 2.50. The highest BCUT2D eigenvalue weighted by atomic mass is 16.1. The molecule has 0 fully saturated rings. The van der Waals surface area contributed by atoms with E-state index in [1.807, 2.05) is 24.3 Å². The van der Waals surface area contributed by atoms with Gasteiger partial charge in [-0.25, -0.2) is 0 Å². The average molecular weight is 916 g/mol. The fourth-order valence-electron chi connectivity index (χ4n) is 12.0. The smallest absolute Gasteiger partial charge is 0.252 e. The number of carbonyl (C=O) groups is 2. The summed E-state index contributed by atoms with van der Waals surface area (Å²) in [4.78, 5) is 31.2. The van der Waals surface area contributed by atoms with Crippen LogP contribution in [0.2, 0.25) is 0 Å². The molecule has 0 aromatic heterocycles. The zero-order valence-electron chi connectivity index (χ0n) is 40.9. The summed E-state index contributed by atoms with van der Waals surface area (Å²) in [6.45, 7) is 13.5. The number of para-hydroxylation sites is 2. The number of aldehydes is 2. The summed E-state index contributed by atoms with van der Waals surface area (Å²) in [6.07, 6.45) is 1.82. The SMILES string of the molecule is CC(C)(C)c1ccc(N2c3cc(-c4ccc(C=O)cc4)ccc3B3c4cccc5c4N(c4cccc2c43)c2cc(-c3ccc(C=O)cc3)cc3c2B5c2ccccc2N3c2ccc(C(C)(C)C)cc2)cc1. The molecule has 4 aliphatic rings. The molecule has 0 aliphatic carbocycles. The number of carbonyl (C=O) groups excluding carboxylic acids is 2. The number of hydrogen-bond donors (Lipinski definition) is 0. The second kappa shape index (κ2) is 15.7. The third-order valence-corrected chi connectivity index (χ3v) is 15.5. The van der Waals surface area contributed by atoms with Gasteiger partial charge in [0.1, 0.15) is 12.6 Å². The van der Waals surface area contributed by atoms with Gasteiger partial charge in [0.15, 0.2) is 0 Å². The Morgan fingerprint density at radius 3 is 1.31 bits per heavy atom. The standard InChI is InChI=1S/C64H51B2N3O2/c1-63(2,3)46-26-30-48(31-27-46)67-54-14-8-7-11-50(54)65-52-12-9-13-53-62(52)69(59-37-45(36-58(67)61(59)65)43-23-19-41(39-71)20-24-43)56-16-10-15-55-60(56)66(53)51-34-25-44(42-21-17-40(38-70)18-22-42)35-57(51)68(55)49-32-28-47(29-33-49)64(4,5)6/h7-39H,1-6H3. The maximum Gasteiger partial charge on any atom is 0.252 e. The maximum absolute atomic E-state index is 12.0. The fraction of sp³-hybridized carbons (Fsp3) is 0.125. The first-order chi connectivity index (χ1) is 34.4. The molecule has 13 rings (SSSR count). The van der Waals surface area contributed by atoms with Gasteiger partial charge in [0, 0.05) is 62.3 Å². The predicted molar refractivity (Wildman–Crippen MR) is 299 cm³/mol. The van der Waals surface area contributed by atoms with Gasteiger partial charge in [-0.05, 0) is 138 Å². The van der Waals surface area contributed by atoms with E-state index in [9.17, 15) is 9.59 Å². The van der Waals surface area contributed by atoms with Crippen LogP contribution in [0.5, 0.6) is 0 Å². The van der Waals surface area contributed by atoms with Crippen molar-refractivity contribution in [3.63, 3.8) is 0 Å². The van der Waals surface area contributed by atoms with Crippen molar-refractivity contribution < 1.29 is 9.59 Å². The van der Waals surface area contributed by atoms with E-state index in [2.05, 4.69) is 220 Å². The van der Waals surface area contributed by atoms with Crippen molar-refractivity contribution in [2.75, 3.05) is 14.7 Å². The van der Waals surface area contributed by atoms with Gasteiger partial charge in [-0.15, -0.1) is 0 Å². The Hall–Kier alpha value is -8.15. The van der Waals surface area contributed by atoms with Crippen molar-refractivity contribution in [1.29, 1.82) is 0 Å². The van der Waals surface area contributed by atoms with Crippen LogP contribution in [-0.4, -0.2) is 26.0 Å². The molecule has 5 nitrogen and oxygen atoms in total. The second-order valence-corrected chi connectivity index (χ2v) is 21.7. The zero-order chi connectivity index (χ0) is 48.5. The molecule has 9 aromatic rings. The number of fused-ring (bicyclic) bond motifs is 8. The third kappa shape index (κ3) is 6.55. The molecule has 71 heavy (non-hydrogen) atoms. The number of rotatable bonds is 6. The van der Waals surface area contributed by atoms with Crippen molar-refractivity contribution in [2.45, 2.75) is 52.4 Å². The minimum absolute atomic E-state index is 0.0000968. The quantitative estimate of drug-likeness (QED) is 0.123. The van der Waals surface area contributed by atoms with Crippen LogP contribution < -0.4 is 47.5 Å². The van der Waals surface area contributed by atoms with Gasteiger partial charge < -0.3 is 14.7 Å². The minimum Gasteiger partial charge on any atom is -0.312 e. The van der Waals surface area contributed by atoms with Crippen LogP contribution >= 0.6 is 0 Å². The Morgan fingerprint density at radius 2 is 0.761 bits per heavy atom. The van der Waals surface area contributed by atoms with Crippen LogP contribution in [0.1, 0.15) is 73.4 Å². The number of anilines is 9. The number of hydrogen-bond acceptors (Lipinski definition) is 5. The first-order valence-electron chi connectivity index (χ1n) is 24.8. The van der Waals surface area contributed by atoms with Gasteiger partial charge in [-0.1, -0.05) is 169 Å². The maximum atomic E-state index is 12.0. The lowest BCUT2D eigenvalue weighted by Crippen LogP contribution is -2.68. The zero-order valence-corrected chi connectivity index (χ0v) is 40.9. The third-order valence-electron chi connectivity index (χ3n) is 15.5. The normalized spacial score (nSPS) is 13.7. The summed E-state index contributed by atoms with van der Waals surface area (Å²) in [5.74, 6) is 0. The van der Waals surface area contributed by atoms with Gasteiger partial charge >= 0.3 is 0 Å². The molecule has 0 N–H and O–H groups in total. The van der Waals surface area contributed by atoms with Gasteiger partial charge in [-0.3, -0.25) is 9.59 Å². The lowest BCUT2D eigenvalue weighted by Gasteiger charge is -2.49. The summed E-state index contributed by atoms with van der Waals surface area (Å²) in [6, 6.07) is 68.8. The van der Waals surface area contributed by atoms with Crippen LogP contribution in [0.25, 0.3) is 22.3 Å². The lowest BCUT2D eigenvalue weighted by atomic mass is 9.29. The van der Waals surface area contributed by atoms with Gasteiger partial charge in [-0.2, -0.15) is 0 Å². The summed E-state index contributed by atoms with van der Waals surface area (Å²) in [5, 5.41) is 0. The van der Waals surface area contributed by atoms with Gasteiger partial charge in [0.25, 0.3) is 13.4 Å². The molecule has 7 heteroatoms. The van der Waals surface area contributed by atoms with Crippen LogP contribution in [0.4, 0.5) is 51.2 Å². The topological polar surface area (TPSA) is 43.9 Å². The largest absolute Gasteiger partial charge is 0.312 e. The van der Waals surface area contributed by atoms with Gasteiger partial charge in [0.05, 0.1) is 0 Å². The Balaban J connectivity index is 1.09. The van der Waals surface area contributed by atoms with Crippen molar-refractivity contribution in [1.82, 2.24) is 0 Å². The van der Waals surface area contributed by atoms with Crippen LogP contribution in [-0.2, 0) is 10.8 Å². The Morgan fingerprint density at radius 1 is 0.352 bits per heavy atom. The van der Waals surface area contributed by atoms with Crippen LogP contribution in [0.15, 0.2) is 188 Å². The molecule has 4 aliphatic heterocycles. The summed E-state index contributed by atoms with van der Waals surface area (Å²) < 4.78 is 0. The van der Waals surface area contributed by atoms with Crippen molar-refractivity contribution >= 4 is 110 Å². The monoisotopic (exact) mass is 915 g/mol. The summed E-state index contributed by atoms with van der Waals surface area (Å²) >= 11 is 0. The highest BCUT2D eigenvalue weighted by molar-refractivity contribution is 7.04. The number of nitrogens with zero attached hydrogens (tertiary/aromatic N) is 3. The molecule has 0 bridgehead atoms. The van der Waals surface area contributed by atoms with Crippen molar-refractivity contribution in [3.05, 3.63) is 210 Å². The predicted octanol–water partition coefficient (Wildman–Crippen LogP) is 11.9. The van der Waals surface area contributed by atoms with Crippen LogP contribution in [0, 0.1) is 0 Å². The molecule has 0 atom stereocenters.